The molecule has 0 saturated carbocycles. The summed E-state index contributed by atoms with van der Waals surface area (Å²) in [6.45, 7) is 5.20. The molecule has 0 spiro atoms. The third-order valence-corrected chi connectivity index (χ3v) is 3.17. The van der Waals surface area contributed by atoms with E-state index >= 15 is 0 Å². The fraction of sp³-hybridized carbons (Fsp3) is 0.294. The molecule has 0 amide bonds. The Bertz CT molecular complexity index is 540. The van der Waals surface area contributed by atoms with Gasteiger partial charge in [0.15, 0.2) is 11.5 Å². The summed E-state index contributed by atoms with van der Waals surface area (Å²) in [6.07, 6.45) is 0. The Morgan fingerprint density at radius 3 is 2.15 bits per heavy atom. The number of rotatable bonds is 6. The normalized spacial score (nSPS) is 11.9. The van der Waals surface area contributed by atoms with Crippen molar-refractivity contribution in [3.63, 3.8) is 0 Å². The van der Waals surface area contributed by atoms with Crippen molar-refractivity contribution in [1.29, 1.82) is 0 Å². The van der Waals surface area contributed by atoms with Crippen molar-refractivity contribution in [3.8, 4) is 11.5 Å². The Kier molecular flexibility index (Phi) is 5.02. The molecular weight excluding hydrogens is 250 g/mol. The van der Waals surface area contributed by atoms with Gasteiger partial charge >= 0.3 is 0 Å². The Morgan fingerprint density at radius 2 is 1.50 bits per heavy atom. The molecule has 0 aliphatic carbocycles. The summed E-state index contributed by atoms with van der Waals surface area (Å²) < 4.78 is 11.2. The lowest BCUT2D eigenvalue weighted by atomic mass is 9.99. The standard InChI is InChI=1S/C17H21NO2/c1-3-19-15-11-10-14(12-16(15)20-4-2)17(18)13-8-6-5-7-9-13/h5-12,17H,3-4,18H2,1-2H3/p+1/t17-/m0/s1. The van der Waals surface area contributed by atoms with Crippen LogP contribution in [0.1, 0.15) is 31.0 Å². The highest BCUT2D eigenvalue weighted by atomic mass is 16.5. The molecule has 0 heterocycles. The van der Waals surface area contributed by atoms with Gasteiger partial charge in [0.2, 0.25) is 0 Å². The molecular formula is C17H22NO2+. The molecule has 0 unspecified atom stereocenters. The van der Waals surface area contributed by atoms with Crippen LogP contribution in [-0.4, -0.2) is 13.2 Å². The van der Waals surface area contributed by atoms with Crippen molar-refractivity contribution in [2.75, 3.05) is 13.2 Å². The molecule has 20 heavy (non-hydrogen) atoms. The minimum Gasteiger partial charge on any atom is -0.490 e. The monoisotopic (exact) mass is 272 g/mol. The second kappa shape index (κ2) is 6.96. The topological polar surface area (TPSA) is 46.1 Å². The van der Waals surface area contributed by atoms with E-state index in [1.807, 2.05) is 44.2 Å². The van der Waals surface area contributed by atoms with Gasteiger partial charge < -0.3 is 15.2 Å². The molecule has 3 heteroatoms. The molecule has 0 saturated heterocycles. The summed E-state index contributed by atoms with van der Waals surface area (Å²) in [5.41, 5.74) is 6.58. The first-order valence-electron chi connectivity index (χ1n) is 7.03. The zero-order valence-corrected chi connectivity index (χ0v) is 12.1. The van der Waals surface area contributed by atoms with Gasteiger partial charge in [-0.1, -0.05) is 30.3 Å². The van der Waals surface area contributed by atoms with E-state index in [4.69, 9.17) is 9.47 Å². The minimum absolute atomic E-state index is 0.0890. The number of benzene rings is 2. The molecule has 2 rings (SSSR count). The van der Waals surface area contributed by atoms with Crippen molar-refractivity contribution in [2.24, 2.45) is 0 Å². The highest BCUT2D eigenvalue weighted by molar-refractivity contribution is 5.45. The van der Waals surface area contributed by atoms with E-state index in [0.29, 0.717) is 13.2 Å². The first-order chi connectivity index (χ1) is 9.76. The van der Waals surface area contributed by atoms with Gasteiger partial charge in [0.25, 0.3) is 0 Å². The van der Waals surface area contributed by atoms with Gasteiger partial charge in [-0.2, -0.15) is 0 Å². The van der Waals surface area contributed by atoms with Crippen LogP contribution in [-0.2, 0) is 0 Å². The number of quaternary nitrogens is 1. The highest BCUT2D eigenvalue weighted by Crippen LogP contribution is 2.31. The quantitative estimate of drug-likeness (QED) is 0.879. The van der Waals surface area contributed by atoms with Crippen molar-refractivity contribution in [1.82, 2.24) is 0 Å². The van der Waals surface area contributed by atoms with E-state index < -0.39 is 0 Å². The average Bonchev–Trinajstić information content (AvgIpc) is 2.50. The summed E-state index contributed by atoms with van der Waals surface area (Å²) in [7, 11) is 0. The maximum Gasteiger partial charge on any atom is 0.161 e. The Labute approximate surface area is 120 Å². The molecule has 0 bridgehead atoms. The molecule has 0 radical (unpaired) electrons. The molecule has 0 fully saturated rings. The van der Waals surface area contributed by atoms with Gasteiger partial charge in [0.05, 0.1) is 13.2 Å². The van der Waals surface area contributed by atoms with E-state index in [-0.39, 0.29) is 6.04 Å². The van der Waals surface area contributed by atoms with Gasteiger partial charge in [-0.3, -0.25) is 0 Å². The van der Waals surface area contributed by atoms with Gasteiger partial charge in [-0.05, 0) is 32.0 Å². The fourth-order valence-corrected chi connectivity index (χ4v) is 2.16. The predicted molar refractivity (Wildman–Crippen MR) is 80.0 cm³/mol. The minimum atomic E-state index is 0.0890. The number of hydrogen-bond donors (Lipinski definition) is 1. The van der Waals surface area contributed by atoms with E-state index in [1.165, 1.54) is 5.56 Å². The SMILES string of the molecule is CCOc1ccc([C@@H]([NH3+])c2ccccc2)cc1OCC. The zero-order chi connectivity index (χ0) is 14.4. The average molecular weight is 272 g/mol. The Morgan fingerprint density at radius 1 is 0.850 bits per heavy atom. The molecule has 0 aromatic heterocycles. The summed E-state index contributed by atoms with van der Waals surface area (Å²) in [6, 6.07) is 16.4. The van der Waals surface area contributed by atoms with Crippen LogP contribution in [0, 0.1) is 0 Å². The van der Waals surface area contributed by atoms with Crippen LogP contribution in [0.4, 0.5) is 0 Å². The largest absolute Gasteiger partial charge is 0.490 e. The first kappa shape index (κ1) is 14.4. The van der Waals surface area contributed by atoms with E-state index in [2.05, 4.69) is 23.9 Å². The van der Waals surface area contributed by atoms with Crippen LogP contribution in [0.25, 0.3) is 0 Å². The van der Waals surface area contributed by atoms with E-state index in [0.717, 1.165) is 17.1 Å². The molecule has 1 atom stereocenters. The van der Waals surface area contributed by atoms with Crippen molar-refractivity contribution >= 4 is 0 Å². The lowest BCUT2D eigenvalue weighted by molar-refractivity contribution is -0.411. The summed E-state index contributed by atoms with van der Waals surface area (Å²) >= 11 is 0. The summed E-state index contributed by atoms with van der Waals surface area (Å²) in [5, 5.41) is 0. The maximum atomic E-state index is 5.66. The van der Waals surface area contributed by atoms with Crippen LogP contribution >= 0.6 is 0 Å². The van der Waals surface area contributed by atoms with Crippen LogP contribution in [0.2, 0.25) is 0 Å². The number of hydrogen-bond acceptors (Lipinski definition) is 2. The Hall–Kier alpha value is -2.00. The smallest absolute Gasteiger partial charge is 0.161 e. The predicted octanol–water partition coefficient (Wildman–Crippen LogP) is 2.82. The van der Waals surface area contributed by atoms with Gasteiger partial charge in [-0.25, -0.2) is 0 Å². The lowest BCUT2D eigenvalue weighted by Crippen LogP contribution is -2.54. The summed E-state index contributed by atoms with van der Waals surface area (Å²) in [4.78, 5) is 0. The molecule has 2 aromatic rings. The third kappa shape index (κ3) is 3.31. The maximum absolute atomic E-state index is 5.66. The van der Waals surface area contributed by atoms with Crippen LogP contribution < -0.4 is 15.2 Å². The molecule has 3 N–H and O–H groups in total. The lowest BCUT2D eigenvalue weighted by Gasteiger charge is -2.14. The summed E-state index contributed by atoms with van der Waals surface area (Å²) in [5.74, 6) is 1.58. The molecule has 106 valence electrons. The van der Waals surface area contributed by atoms with Gasteiger partial charge in [0.1, 0.15) is 6.04 Å². The van der Waals surface area contributed by atoms with Crippen LogP contribution in [0.15, 0.2) is 48.5 Å². The van der Waals surface area contributed by atoms with Crippen molar-refractivity contribution < 1.29 is 15.2 Å². The number of ether oxygens (including phenoxy) is 2. The molecule has 0 aliphatic heterocycles. The highest BCUT2D eigenvalue weighted by Gasteiger charge is 2.15. The first-order valence-corrected chi connectivity index (χ1v) is 7.03. The van der Waals surface area contributed by atoms with Crippen molar-refractivity contribution in [3.05, 3.63) is 59.7 Å². The van der Waals surface area contributed by atoms with E-state index in [1.54, 1.807) is 0 Å². The Balaban J connectivity index is 2.30. The zero-order valence-electron chi connectivity index (χ0n) is 12.1. The second-order valence-corrected chi connectivity index (χ2v) is 4.54. The van der Waals surface area contributed by atoms with Gasteiger partial charge in [-0.15, -0.1) is 0 Å². The fourth-order valence-electron chi connectivity index (χ4n) is 2.16. The van der Waals surface area contributed by atoms with Crippen molar-refractivity contribution in [2.45, 2.75) is 19.9 Å². The third-order valence-electron chi connectivity index (χ3n) is 3.17. The molecule has 3 nitrogen and oxygen atoms in total. The molecule has 0 aliphatic rings. The van der Waals surface area contributed by atoms with Crippen LogP contribution in [0.5, 0.6) is 11.5 Å². The van der Waals surface area contributed by atoms with Gasteiger partial charge in [0, 0.05) is 11.1 Å². The second-order valence-electron chi connectivity index (χ2n) is 4.54. The van der Waals surface area contributed by atoms with E-state index in [9.17, 15) is 0 Å². The van der Waals surface area contributed by atoms with Crippen LogP contribution in [0.3, 0.4) is 0 Å². The molecule has 2 aromatic carbocycles.